The van der Waals surface area contributed by atoms with E-state index in [0.29, 0.717) is 5.69 Å². The van der Waals surface area contributed by atoms with Gasteiger partial charge in [0.2, 0.25) is 5.91 Å². The third kappa shape index (κ3) is 3.73. The summed E-state index contributed by atoms with van der Waals surface area (Å²) >= 11 is 0. The summed E-state index contributed by atoms with van der Waals surface area (Å²) in [6, 6.07) is 0. The zero-order valence-corrected chi connectivity index (χ0v) is 10.1. The molecule has 1 rings (SSSR count). The Morgan fingerprint density at radius 3 is 2.62 bits per heavy atom. The summed E-state index contributed by atoms with van der Waals surface area (Å²) in [4.78, 5) is 10.7. The smallest absolute Gasteiger partial charge is 0.223 e. The molecule has 1 aromatic rings. The number of carbonyl (C=O) groups excluding carboxylic acids is 1. The fourth-order valence-corrected chi connectivity index (χ4v) is 1.27. The molecule has 0 aromatic carbocycles. The maximum Gasteiger partial charge on any atom is 0.223 e. The Kier molecular flexibility index (Phi) is 6.59. The van der Waals surface area contributed by atoms with Crippen LogP contribution in [0.1, 0.15) is 26.5 Å². The molecule has 0 saturated heterocycles. The first-order chi connectivity index (χ1) is 7.69. The number of H-pyrrole nitrogens is 1. The van der Waals surface area contributed by atoms with Crippen molar-refractivity contribution in [3.8, 4) is 0 Å². The Morgan fingerprint density at radius 1 is 1.56 bits per heavy atom. The Balaban J connectivity index is 0.00000106. The average molecular weight is 221 g/mol. The number of allylic oxidation sites excluding steroid dienone is 1. The third-order valence-electron chi connectivity index (χ3n) is 1.83. The van der Waals surface area contributed by atoms with Gasteiger partial charge in [0.05, 0.1) is 17.5 Å². The summed E-state index contributed by atoms with van der Waals surface area (Å²) in [5.74, 6) is -0.384. The molecule has 0 spiro atoms. The van der Waals surface area contributed by atoms with Gasteiger partial charge < -0.3 is 5.73 Å². The molecule has 1 aromatic heterocycles. The Hall–Kier alpha value is -1.84. The van der Waals surface area contributed by atoms with Crippen LogP contribution in [0.4, 0.5) is 0 Å². The van der Waals surface area contributed by atoms with Crippen molar-refractivity contribution < 1.29 is 4.79 Å². The van der Waals surface area contributed by atoms with E-state index < -0.39 is 0 Å². The van der Waals surface area contributed by atoms with E-state index in [1.165, 1.54) is 0 Å². The number of hydrogen-bond donors (Lipinski definition) is 2. The van der Waals surface area contributed by atoms with E-state index in [1.54, 1.807) is 12.2 Å². The number of hydrogen-bond acceptors (Lipinski definition) is 2. The van der Waals surface area contributed by atoms with Crippen molar-refractivity contribution in [2.75, 3.05) is 0 Å². The van der Waals surface area contributed by atoms with E-state index >= 15 is 0 Å². The standard InChI is InChI=1S/C10H13N3O.C2H6/c1-3-5-8-7(4-2)9(13-12-8)6-10(11)14;1-2/h3-5,12H,1,6H2,2H3,(H2,11,14);1-2H3/b7-4+,8-5+;. The van der Waals surface area contributed by atoms with E-state index in [1.807, 2.05) is 26.8 Å². The van der Waals surface area contributed by atoms with Crippen LogP contribution in [0, 0.1) is 0 Å². The van der Waals surface area contributed by atoms with Gasteiger partial charge in [-0.15, -0.1) is 0 Å². The second-order valence-electron chi connectivity index (χ2n) is 2.83. The van der Waals surface area contributed by atoms with E-state index in [-0.39, 0.29) is 12.3 Å². The maximum absolute atomic E-state index is 10.7. The minimum atomic E-state index is -0.384. The van der Waals surface area contributed by atoms with Crippen molar-refractivity contribution in [3.05, 3.63) is 28.9 Å². The highest BCUT2D eigenvalue weighted by Gasteiger charge is 2.03. The second kappa shape index (κ2) is 7.45. The van der Waals surface area contributed by atoms with Gasteiger partial charge in [-0.05, 0) is 13.0 Å². The maximum atomic E-state index is 10.7. The zero-order chi connectivity index (χ0) is 12.6. The number of rotatable bonds is 3. The highest BCUT2D eigenvalue weighted by atomic mass is 16.1. The fourth-order valence-electron chi connectivity index (χ4n) is 1.27. The lowest BCUT2D eigenvalue weighted by Crippen LogP contribution is -2.27. The molecule has 4 heteroatoms. The summed E-state index contributed by atoms with van der Waals surface area (Å²) in [7, 11) is 0. The number of nitrogens with zero attached hydrogens (tertiary/aromatic N) is 1. The molecule has 1 heterocycles. The number of carbonyl (C=O) groups is 1. The minimum absolute atomic E-state index is 0.154. The molecule has 88 valence electrons. The summed E-state index contributed by atoms with van der Waals surface area (Å²) in [6.45, 7) is 9.48. The van der Waals surface area contributed by atoms with Crippen molar-refractivity contribution in [1.82, 2.24) is 10.2 Å². The monoisotopic (exact) mass is 221 g/mol. The number of amides is 1. The fraction of sp³-hybridized carbons (Fsp3) is 0.333. The van der Waals surface area contributed by atoms with Crippen molar-refractivity contribution in [2.45, 2.75) is 27.2 Å². The molecule has 0 saturated carbocycles. The largest absolute Gasteiger partial charge is 0.369 e. The number of aromatic nitrogens is 2. The van der Waals surface area contributed by atoms with Crippen LogP contribution in [-0.4, -0.2) is 16.1 Å². The minimum Gasteiger partial charge on any atom is -0.369 e. The van der Waals surface area contributed by atoms with Crippen LogP contribution >= 0.6 is 0 Å². The van der Waals surface area contributed by atoms with Gasteiger partial charge in [-0.2, -0.15) is 5.10 Å². The molecule has 0 atom stereocenters. The van der Waals surface area contributed by atoms with Crippen LogP contribution in [0.5, 0.6) is 0 Å². The first-order valence-corrected chi connectivity index (χ1v) is 5.29. The van der Waals surface area contributed by atoms with Gasteiger partial charge in [0, 0.05) is 5.22 Å². The molecule has 0 unspecified atom stereocenters. The molecule has 0 radical (unpaired) electrons. The molecule has 3 N–H and O–H groups in total. The van der Waals surface area contributed by atoms with E-state index in [0.717, 1.165) is 10.6 Å². The summed E-state index contributed by atoms with van der Waals surface area (Å²) in [5, 5.41) is 8.58. The molecule has 4 nitrogen and oxygen atoms in total. The highest BCUT2D eigenvalue weighted by molar-refractivity contribution is 5.76. The quantitative estimate of drug-likeness (QED) is 0.767. The van der Waals surface area contributed by atoms with Crippen LogP contribution in [0.15, 0.2) is 12.7 Å². The van der Waals surface area contributed by atoms with Crippen LogP contribution in [0.25, 0.3) is 12.2 Å². The number of nitrogens with two attached hydrogens (primary N) is 1. The van der Waals surface area contributed by atoms with Gasteiger partial charge in [0.15, 0.2) is 0 Å². The average Bonchev–Trinajstić information content (AvgIpc) is 2.63. The van der Waals surface area contributed by atoms with Crippen molar-refractivity contribution in [1.29, 1.82) is 0 Å². The normalized spacial score (nSPS) is 11.9. The summed E-state index contributed by atoms with van der Waals surface area (Å²) in [5.41, 5.74) is 5.77. The number of aromatic amines is 1. The molecule has 0 aliphatic heterocycles. The molecular formula is C12H19N3O. The number of nitrogens with one attached hydrogen (secondary N) is 1. The highest BCUT2D eigenvalue weighted by Crippen LogP contribution is 1.82. The lowest BCUT2D eigenvalue weighted by molar-refractivity contribution is -0.117. The lowest BCUT2D eigenvalue weighted by atomic mass is 10.2. The summed E-state index contributed by atoms with van der Waals surface area (Å²) < 4.78 is 0. The molecule has 16 heavy (non-hydrogen) atoms. The van der Waals surface area contributed by atoms with Crippen LogP contribution in [-0.2, 0) is 11.2 Å². The Labute approximate surface area is 95.6 Å². The third-order valence-corrected chi connectivity index (χ3v) is 1.83. The van der Waals surface area contributed by atoms with Gasteiger partial charge in [-0.25, -0.2) is 0 Å². The first kappa shape index (κ1) is 14.2. The Bertz CT molecular complexity index is 457. The van der Waals surface area contributed by atoms with E-state index in [9.17, 15) is 4.79 Å². The molecule has 0 bridgehead atoms. The second-order valence-corrected chi connectivity index (χ2v) is 2.83. The van der Waals surface area contributed by atoms with Crippen molar-refractivity contribution in [3.63, 3.8) is 0 Å². The lowest BCUT2D eigenvalue weighted by Gasteiger charge is -1.88. The number of primary amides is 1. The van der Waals surface area contributed by atoms with Gasteiger partial charge >= 0.3 is 0 Å². The van der Waals surface area contributed by atoms with Crippen molar-refractivity contribution in [2.24, 2.45) is 5.73 Å². The molecular weight excluding hydrogens is 202 g/mol. The van der Waals surface area contributed by atoms with Crippen LogP contribution < -0.4 is 16.3 Å². The predicted octanol–water partition coefficient (Wildman–Crippen LogP) is 0.231. The molecule has 0 fully saturated rings. The first-order valence-electron chi connectivity index (χ1n) is 5.29. The molecule has 0 aliphatic rings. The SMILES string of the molecule is C=C/C=c1/[nH]nc(CC(N)=O)/c1=C/C.CC. The van der Waals surface area contributed by atoms with Crippen LogP contribution in [0.3, 0.4) is 0 Å². The van der Waals surface area contributed by atoms with Gasteiger partial charge in [0.1, 0.15) is 0 Å². The van der Waals surface area contributed by atoms with E-state index in [4.69, 9.17) is 5.73 Å². The summed E-state index contributed by atoms with van der Waals surface area (Å²) in [6.07, 6.45) is 5.50. The Morgan fingerprint density at radius 2 is 2.19 bits per heavy atom. The van der Waals surface area contributed by atoms with Gasteiger partial charge in [-0.1, -0.05) is 32.6 Å². The predicted molar refractivity (Wildman–Crippen MR) is 66.9 cm³/mol. The zero-order valence-electron chi connectivity index (χ0n) is 10.1. The van der Waals surface area contributed by atoms with Gasteiger partial charge in [-0.3, -0.25) is 9.89 Å². The van der Waals surface area contributed by atoms with Gasteiger partial charge in [0.25, 0.3) is 0 Å². The van der Waals surface area contributed by atoms with Crippen molar-refractivity contribution >= 4 is 18.1 Å². The van der Waals surface area contributed by atoms with E-state index in [2.05, 4.69) is 16.8 Å². The topological polar surface area (TPSA) is 71.8 Å². The molecule has 0 aliphatic carbocycles. The molecule has 1 amide bonds. The van der Waals surface area contributed by atoms with Crippen LogP contribution in [0.2, 0.25) is 0 Å².